The summed E-state index contributed by atoms with van der Waals surface area (Å²) >= 11 is 0. The van der Waals surface area contributed by atoms with Crippen LogP contribution in [0.4, 0.5) is 0 Å². The van der Waals surface area contributed by atoms with Gasteiger partial charge in [0.15, 0.2) is 0 Å². The van der Waals surface area contributed by atoms with E-state index in [1.807, 2.05) is 0 Å². The second-order valence-electron chi connectivity index (χ2n) is 4.17. The molecule has 2 atom stereocenters. The Balaban J connectivity index is 4.40. The maximum atomic E-state index is 5.86. The molecule has 0 heterocycles. The van der Waals surface area contributed by atoms with Gasteiger partial charge >= 0.3 is 0 Å². The topological polar surface area (TPSA) is 21.3 Å². The van der Waals surface area contributed by atoms with Crippen LogP contribution in [0, 0.1) is 5.92 Å². The highest BCUT2D eigenvalue weighted by atomic mass is 16.5. The lowest BCUT2D eigenvalue weighted by atomic mass is 9.88. The van der Waals surface area contributed by atoms with Gasteiger partial charge in [-0.1, -0.05) is 40.0 Å². The van der Waals surface area contributed by atoms with Crippen molar-refractivity contribution in [1.29, 1.82) is 0 Å². The smallest absolute Gasteiger partial charge is 0.0730 e. The average molecular weight is 215 g/mol. The minimum absolute atomic E-state index is 0.384. The van der Waals surface area contributed by atoms with Gasteiger partial charge in [-0.3, -0.25) is 0 Å². The van der Waals surface area contributed by atoms with Crippen molar-refractivity contribution in [3.8, 4) is 0 Å². The van der Waals surface area contributed by atoms with Gasteiger partial charge in [0.1, 0.15) is 0 Å². The largest absolute Gasteiger partial charge is 0.377 e. The van der Waals surface area contributed by atoms with Crippen molar-refractivity contribution in [2.24, 2.45) is 5.92 Å². The third-order valence-corrected chi connectivity index (χ3v) is 3.24. The molecule has 0 aromatic carbocycles. The van der Waals surface area contributed by atoms with Crippen LogP contribution in [-0.2, 0) is 4.74 Å². The molecule has 0 saturated heterocycles. The Hall–Kier alpha value is -0.0800. The lowest BCUT2D eigenvalue weighted by Gasteiger charge is -2.32. The molecule has 0 saturated carbocycles. The van der Waals surface area contributed by atoms with E-state index in [0.717, 1.165) is 18.9 Å². The SMILES string of the molecule is CCCC(OCC)C(NC)C(CC)CC. The summed E-state index contributed by atoms with van der Waals surface area (Å²) in [5, 5.41) is 3.45. The van der Waals surface area contributed by atoms with E-state index in [4.69, 9.17) is 4.74 Å². The van der Waals surface area contributed by atoms with E-state index in [1.54, 1.807) is 0 Å². The van der Waals surface area contributed by atoms with E-state index >= 15 is 0 Å². The summed E-state index contributed by atoms with van der Waals surface area (Å²) in [5.41, 5.74) is 0. The van der Waals surface area contributed by atoms with Crippen LogP contribution in [0.5, 0.6) is 0 Å². The molecule has 0 amide bonds. The Morgan fingerprint density at radius 2 is 1.67 bits per heavy atom. The number of likely N-dealkylation sites (N-methyl/N-ethyl adjacent to an activating group) is 1. The van der Waals surface area contributed by atoms with Crippen LogP contribution in [-0.4, -0.2) is 25.8 Å². The first kappa shape index (κ1) is 14.9. The fraction of sp³-hybridized carbons (Fsp3) is 1.00. The van der Waals surface area contributed by atoms with Crippen molar-refractivity contribution in [2.75, 3.05) is 13.7 Å². The maximum absolute atomic E-state index is 5.86. The summed E-state index contributed by atoms with van der Waals surface area (Å²) in [4.78, 5) is 0. The molecule has 2 heteroatoms. The number of hydrogen-bond acceptors (Lipinski definition) is 2. The number of nitrogens with one attached hydrogen (secondary N) is 1. The molecule has 0 aliphatic heterocycles. The van der Waals surface area contributed by atoms with Crippen LogP contribution in [0.25, 0.3) is 0 Å². The molecule has 15 heavy (non-hydrogen) atoms. The molecule has 0 fully saturated rings. The molecule has 0 aromatic heterocycles. The van der Waals surface area contributed by atoms with Gasteiger partial charge in [0.2, 0.25) is 0 Å². The fourth-order valence-electron chi connectivity index (χ4n) is 2.39. The zero-order valence-corrected chi connectivity index (χ0v) is 11.2. The van der Waals surface area contributed by atoms with Crippen LogP contribution in [0.2, 0.25) is 0 Å². The van der Waals surface area contributed by atoms with Crippen molar-refractivity contribution in [3.05, 3.63) is 0 Å². The molecular formula is C13H29NO. The monoisotopic (exact) mass is 215 g/mol. The molecule has 2 nitrogen and oxygen atoms in total. The number of rotatable bonds is 9. The van der Waals surface area contributed by atoms with Gasteiger partial charge in [-0.25, -0.2) is 0 Å². The minimum atomic E-state index is 0.384. The Bertz CT molecular complexity index is 128. The highest BCUT2D eigenvalue weighted by molar-refractivity contribution is 4.81. The Labute approximate surface area is 95.8 Å². The van der Waals surface area contributed by atoms with Crippen molar-refractivity contribution < 1.29 is 4.74 Å². The molecule has 92 valence electrons. The average Bonchev–Trinajstić information content (AvgIpc) is 2.25. The molecule has 0 aliphatic carbocycles. The quantitative estimate of drug-likeness (QED) is 0.637. The van der Waals surface area contributed by atoms with Crippen LogP contribution < -0.4 is 5.32 Å². The number of hydrogen-bond donors (Lipinski definition) is 1. The summed E-state index contributed by atoms with van der Waals surface area (Å²) in [6.45, 7) is 9.68. The van der Waals surface area contributed by atoms with E-state index in [1.165, 1.54) is 19.3 Å². The Kier molecular flexibility index (Phi) is 9.12. The minimum Gasteiger partial charge on any atom is -0.377 e. The zero-order chi connectivity index (χ0) is 11.7. The first-order valence-electron chi connectivity index (χ1n) is 6.53. The van der Waals surface area contributed by atoms with Crippen molar-refractivity contribution in [3.63, 3.8) is 0 Å². The highest BCUT2D eigenvalue weighted by Gasteiger charge is 2.25. The predicted molar refractivity (Wildman–Crippen MR) is 67.2 cm³/mol. The molecule has 0 aliphatic rings. The van der Waals surface area contributed by atoms with E-state index in [0.29, 0.717) is 12.1 Å². The molecule has 0 bridgehead atoms. The van der Waals surface area contributed by atoms with Crippen LogP contribution in [0.1, 0.15) is 53.4 Å². The Morgan fingerprint density at radius 1 is 1.07 bits per heavy atom. The second kappa shape index (κ2) is 9.17. The summed E-state index contributed by atoms with van der Waals surface area (Å²) in [5.74, 6) is 0.734. The molecular weight excluding hydrogens is 186 g/mol. The maximum Gasteiger partial charge on any atom is 0.0730 e. The lowest BCUT2D eigenvalue weighted by Crippen LogP contribution is -2.44. The molecule has 2 unspecified atom stereocenters. The first-order valence-corrected chi connectivity index (χ1v) is 6.53. The molecule has 0 radical (unpaired) electrons. The second-order valence-corrected chi connectivity index (χ2v) is 4.17. The lowest BCUT2D eigenvalue weighted by molar-refractivity contribution is 0.0124. The molecule has 1 N–H and O–H groups in total. The fourth-order valence-corrected chi connectivity index (χ4v) is 2.39. The summed E-state index contributed by atoms with van der Waals surface area (Å²) in [6, 6.07) is 0.514. The van der Waals surface area contributed by atoms with Crippen LogP contribution in [0.3, 0.4) is 0 Å². The normalized spacial score (nSPS) is 15.6. The zero-order valence-electron chi connectivity index (χ0n) is 11.2. The van der Waals surface area contributed by atoms with Gasteiger partial charge in [0.25, 0.3) is 0 Å². The Morgan fingerprint density at radius 3 is 2.00 bits per heavy atom. The van der Waals surface area contributed by atoms with Crippen molar-refractivity contribution in [1.82, 2.24) is 5.32 Å². The molecule has 0 aromatic rings. The van der Waals surface area contributed by atoms with E-state index < -0.39 is 0 Å². The van der Waals surface area contributed by atoms with Crippen molar-refractivity contribution >= 4 is 0 Å². The van der Waals surface area contributed by atoms with E-state index in [2.05, 4.69) is 40.1 Å². The van der Waals surface area contributed by atoms with Gasteiger partial charge < -0.3 is 10.1 Å². The highest BCUT2D eigenvalue weighted by Crippen LogP contribution is 2.20. The van der Waals surface area contributed by atoms with Crippen molar-refractivity contribution in [2.45, 2.75) is 65.5 Å². The van der Waals surface area contributed by atoms with E-state index in [-0.39, 0.29) is 0 Å². The first-order chi connectivity index (χ1) is 7.24. The standard InChI is InChI=1S/C13H29NO/c1-6-10-12(15-9-4)13(14-5)11(7-2)8-3/h11-14H,6-10H2,1-5H3. The molecule has 0 rings (SSSR count). The number of ether oxygens (including phenoxy) is 1. The van der Waals surface area contributed by atoms with Gasteiger partial charge in [-0.05, 0) is 26.3 Å². The van der Waals surface area contributed by atoms with Crippen LogP contribution >= 0.6 is 0 Å². The van der Waals surface area contributed by atoms with E-state index in [9.17, 15) is 0 Å². The van der Waals surface area contributed by atoms with Gasteiger partial charge in [-0.15, -0.1) is 0 Å². The third kappa shape index (κ3) is 4.98. The van der Waals surface area contributed by atoms with Gasteiger partial charge in [0.05, 0.1) is 6.10 Å². The van der Waals surface area contributed by atoms with Gasteiger partial charge in [-0.2, -0.15) is 0 Å². The summed E-state index contributed by atoms with van der Waals surface area (Å²) in [7, 11) is 2.06. The summed E-state index contributed by atoms with van der Waals surface area (Å²) < 4.78 is 5.86. The van der Waals surface area contributed by atoms with Crippen LogP contribution in [0.15, 0.2) is 0 Å². The third-order valence-electron chi connectivity index (χ3n) is 3.24. The van der Waals surface area contributed by atoms with Gasteiger partial charge in [0, 0.05) is 12.6 Å². The molecule has 0 spiro atoms. The summed E-state index contributed by atoms with van der Waals surface area (Å²) in [6.07, 6.45) is 5.21. The predicted octanol–water partition coefficient (Wildman–Crippen LogP) is 3.22.